The lowest BCUT2D eigenvalue weighted by Gasteiger charge is -2.26. The number of hydrogen-bond donors (Lipinski definition) is 5. The Balaban J connectivity index is 2.15. The molecule has 0 saturated heterocycles. The van der Waals surface area contributed by atoms with Gasteiger partial charge in [-0.05, 0) is 37.8 Å². The van der Waals surface area contributed by atoms with Crippen LogP contribution in [0, 0.1) is 5.92 Å². The Morgan fingerprint density at radius 1 is 0.714 bits per heavy atom. The highest BCUT2D eigenvalue weighted by Gasteiger charge is 2.34. The number of carbonyl (C=O) groups is 6. The van der Waals surface area contributed by atoms with E-state index < -0.39 is 53.1 Å². The van der Waals surface area contributed by atoms with E-state index in [1.54, 1.807) is 30.3 Å². The van der Waals surface area contributed by atoms with Crippen molar-refractivity contribution in [3.05, 3.63) is 71.8 Å². The van der Waals surface area contributed by atoms with Crippen LogP contribution in [0.2, 0.25) is 0 Å². The summed E-state index contributed by atoms with van der Waals surface area (Å²) >= 11 is 0. The molecule has 6 N–H and O–H groups in total. The lowest BCUT2D eigenvalue weighted by atomic mass is 10.0. The zero-order chi connectivity index (χ0) is 31.4. The Kier molecular flexibility index (Phi) is 12.4. The summed E-state index contributed by atoms with van der Waals surface area (Å²) in [4.78, 5) is 76.5. The Bertz CT molecular complexity index is 1260. The molecule has 0 aliphatic rings. The minimum Gasteiger partial charge on any atom is -0.368 e. The fourth-order valence-electron chi connectivity index (χ4n) is 4.00. The lowest BCUT2D eigenvalue weighted by molar-refractivity contribution is -0.141. The van der Waals surface area contributed by atoms with E-state index in [1.165, 1.54) is 20.8 Å². The molecule has 42 heavy (non-hydrogen) atoms. The summed E-state index contributed by atoms with van der Waals surface area (Å²) in [6.45, 7) is 7.95. The van der Waals surface area contributed by atoms with Crippen molar-refractivity contribution in [2.75, 3.05) is 0 Å². The number of Topliss-reactive ketones (excluding diaryl/α,β-unsaturated/α-hetero) is 1. The second kappa shape index (κ2) is 15.5. The molecule has 0 bridgehead atoms. The van der Waals surface area contributed by atoms with E-state index in [1.807, 2.05) is 44.2 Å². The SMILES string of the molecule is CC(C)CC(=O)NC(Cc1ccccc1)C(=O)NC(C)C(=O)C(=O)NC(Cc1ccccc1)C(=O)NC(C)(C)C(N)=O. The van der Waals surface area contributed by atoms with Crippen LogP contribution in [0.3, 0.4) is 0 Å². The molecular weight excluding hydrogens is 538 g/mol. The molecule has 0 heterocycles. The van der Waals surface area contributed by atoms with Gasteiger partial charge in [0, 0.05) is 19.3 Å². The highest BCUT2D eigenvalue weighted by atomic mass is 16.2. The Hall–Kier alpha value is -4.54. The van der Waals surface area contributed by atoms with Crippen LogP contribution in [0.1, 0.15) is 52.2 Å². The van der Waals surface area contributed by atoms with Crippen molar-refractivity contribution in [3.63, 3.8) is 0 Å². The summed E-state index contributed by atoms with van der Waals surface area (Å²) in [5.74, 6) is -4.45. The quantitative estimate of drug-likeness (QED) is 0.196. The van der Waals surface area contributed by atoms with E-state index in [9.17, 15) is 28.8 Å². The molecule has 2 rings (SSSR count). The Labute approximate surface area is 246 Å². The first-order valence-corrected chi connectivity index (χ1v) is 13.8. The summed E-state index contributed by atoms with van der Waals surface area (Å²) in [5, 5.41) is 10.2. The topological polar surface area (TPSA) is 177 Å². The van der Waals surface area contributed by atoms with E-state index in [4.69, 9.17) is 5.73 Å². The molecule has 2 aromatic carbocycles. The van der Waals surface area contributed by atoms with E-state index in [2.05, 4.69) is 21.3 Å². The molecule has 11 nitrogen and oxygen atoms in total. The molecule has 2 aromatic rings. The van der Waals surface area contributed by atoms with Gasteiger partial charge < -0.3 is 27.0 Å². The summed E-state index contributed by atoms with van der Waals surface area (Å²) in [5.41, 5.74) is 5.46. The number of carbonyl (C=O) groups excluding carboxylic acids is 6. The minimum atomic E-state index is -1.41. The fraction of sp³-hybridized carbons (Fsp3) is 0.419. The van der Waals surface area contributed by atoms with Crippen LogP contribution in [0.5, 0.6) is 0 Å². The summed E-state index contributed by atoms with van der Waals surface area (Å²) in [6.07, 6.45) is 0.424. The molecular formula is C31H41N5O6. The smallest absolute Gasteiger partial charge is 0.290 e. The van der Waals surface area contributed by atoms with Crippen LogP contribution in [0.25, 0.3) is 0 Å². The molecule has 0 radical (unpaired) electrons. The van der Waals surface area contributed by atoms with Gasteiger partial charge in [-0.1, -0.05) is 74.5 Å². The first kappa shape index (κ1) is 33.7. The molecule has 0 fully saturated rings. The van der Waals surface area contributed by atoms with Crippen LogP contribution in [-0.2, 0) is 41.6 Å². The minimum absolute atomic E-state index is 0.0301. The standard InChI is InChI=1S/C31H41N5O6/c1-19(2)16-25(37)34-23(17-21-12-8-6-9-13-21)27(39)33-20(3)26(38)29(41)35-24(18-22-14-10-7-11-15-22)28(40)36-31(4,5)30(32)42/h6-15,19-20,23-24H,16-18H2,1-5H3,(H2,32,42)(H,33,39)(H,34,37)(H,35,41)(H,36,40). The van der Waals surface area contributed by atoms with Crippen molar-refractivity contribution >= 4 is 35.3 Å². The van der Waals surface area contributed by atoms with Gasteiger partial charge in [-0.15, -0.1) is 0 Å². The summed E-state index contributed by atoms with van der Waals surface area (Å²) < 4.78 is 0. The number of primary amides is 1. The van der Waals surface area contributed by atoms with E-state index in [-0.39, 0.29) is 31.1 Å². The van der Waals surface area contributed by atoms with E-state index in [0.29, 0.717) is 5.56 Å². The normalized spacial score (nSPS) is 13.3. The van der Waals surface area contributed by atoms with Crippen molar-refractivity contribution in [2.45, 2.75) is 77.5 Å². The summed E-state index contributed by atoms with van der Waals surface area (Å²) in [7, 11) is 0. The maximum absolute atomic E-state index is 13.2. The van der Waals surface area contributed by atoms with Gasteiger partial charge in [0.15, 0.2) is 0 Å². The van der Waals surface area contributed by atoms with Gasteiger partial charge in [0.25, 0.3) is 5.91 Å². The predicted octanol–water partition coefficient (Wildman–Crippen LogP) is 0.941. The summed E-state index contributed by atoms with van der Waals surface area (Å²) in [6, 6.07) is 14.4. The van der Waals surface area contributed by atoms with Gasteiger partial charge >= 0.3 is 0 Å². The molecule has 0 saturated carbocycles. The van der Waals surface area contributed by atoms with Gasteiger partial charge in [-0.25, -0.2) is 0 Å². The maximum atomic E-state index is 13.2. The van der Waals surface area contributed by atoms with Gasteiger partial charge in [-0.3, -0.25) is 28.8 Å². The monoisotopic (exact) mass is 579 g/mol. The number of amides is 5. The number of nitrogens with one attached hydrogen (secondary N) is 4. The fourth-order valence-corrected chi connectivity index (χ4v) is 4.00. The third kappa shape index (κ3) is 10.8. The van der Waals surface area contributed by atoms with Gasteiger partial charge in [-0.2, -0.15) is 0 Å². The van der Waals surface area contributed by atoms with Crippen molar-refractivity contribution in [3.8, 4) is 0 Å². The molecule has 5 amide bonds. The van der Waals surface area contributed by atoms with Crippen LogP contribution >= 0.6 is 0 Å². The maximum Gasteiger partial charge on any atom is 0.290 e. The molecule has 11 heteroatoms. The van der Waals surface area contributed by atoms with Crippen LogP contribution in [-0.4, -0.2) is 59.0 Å². The molecule has 3 atom stereocenters. The van der Waals surface area contributed by atoms with E-state index >= 15 is 0 Å². The number of rotatable bonds is 15. The molecule has 3 unspecified atom stereocenters. The third-order valence-electron chi connectivity index (χ3n) is 6.46. The molecule has 0 aromatic heterocycles. The molecule has 0 spiro atoms. The highest BCUT2D eigenvalue weighted by molar-refractivity contribution is 6.38. The van der Waals surface area contributed by atoms with Gasteiger partial charge in [0.1, 0.15) is 17.6 Å². The average molecular weight is 580 g/mol. The van der Waals surface area contributed by atoms with Crippen molar-refractivity contribution in [1.82, 2.24) is 21.3 Å². The Morgan fingerprint density at radius 2 is 1.19 bits per heavy atom. The number of nitrogens with two attached hydrogens (primary N) is 1. The molecule has 0 aliphatic carbocycles. The van der Waals surface area contributed by atoms with Gasteiger partial charge in [0.2, 0.25) is 29.4 Å². The van der Waals surface area contributed by atoms with E-state index in [0.717, 1.165) is 5.56 Å². The average Bonchev–Trinajstić information content (AvgIpc) is 2.92. The van der Waals surface area contributed by atoms with Crippen molar-refractivity contribution < 1.29 is 28.8 Å². The zero-order valence-corrected chi connectivity index (χ0v) is 24.7. The first-order valence-electron chi connectivity index (χ1n) is 13.8. The Morgan fingerprint density at radius 3 is 1.64 bits per heavy atom. The predicted molar refractivity (Wildman–Crippen MR) is 158 cm³/mol. The largest absolute Gasteiger partial charge is 0.368 e. The number of benzene rings is 2. The highest BCUT2D eigenvalue weighted by Crippen LogP contribution is 2.09. The lowest BCUT2D eigenvalue weighted by Crippen LogP contribution is -2.60. The van der Waals surface area contributed by atoms with Crippen molar-refractivity contribution in [1.29, 1.82) is 0 Å². The van der Waals surface area contributed by atoms with Gasteiger partial charge in [0.05, 0.1) is 6.04 Å². The molecule has 0 aliphatic heterocycles. The van der Waals surface area contributed by atoms with Crippen LogP contribution < -0.4 is 27.0 Å². The third-order valence-corrected chi connectivity index (χ3v) is 6.46. The second-order valence-corrected chi connectivity index (χ2v) is 11.2. The van der Waals surface area contributed by atoms with Crippen molar-refractivity contribution in [2.24, 2.45) is 11.7 Å². The van der Waals surface area contributed by atoms with Crippen LogP contribution in [0.4, 0.5) is 0 Å². The molecule has 226 valence electrons. The zero-order valence-electron chi connectivity index (χ0n) is 24.7. The second-order valence-electron chi connectivity index (χ2n) is 11.2. The number of ketones is 1. The first-order chi connectivity index (χ1) is 19.7. The number of hydrogen-bond acceptors (Lipinski definition) is 6. The van der Waals surface area contributed by atoms with Crippen LogP contribution in [0.15, 0.2) is 60.7 Å².